The van der Waals surface area contributed by atoms with E-state index in [2.05, 4.69) is 126 Å². The van der Waals surface area contributed by atoms with Crippen LogP contribution in [0.15, 0.2) is 95.4 Å². The number of hydrogen-bond acceptors (Lipinski definition) is 4. The molecule has 210 valence electrons. The van der Waals surface area contributed by atoms with Crippen molar-refractivity contribution in [2.75, 3.05) is 0 Å². The lowest BCUT2D eigenvalue weighted by Crippen LogP contribution is -2.24. The molecule has 0 saturated carbocycles. The minimum atomic E-state index is -0.209. The van der Waals surface area contributed by atoms with Gasteiger partial charge in [0.1, 0.15) is 22.8 Å². The molecule has 43 heavy (non-hydrogen) atoms. The first-order chi connectivity index (χ1) is 20.6. The van der Waals surface area contributed by atoms with E-state index in [-0.39, 0.29) is 10.8 Å². The van der Waals surface area contributed by atoms with E-state index in [0.717, 1.165) is 55.7 Å². The summed E-state index contributed by atoms with van der Waals surface area (Å²) in [6.07, 6.45) is 0. The van der Waals surface area contributed by atoms with Crippen molar-refractivity contribution in [3.8, 4) is 22.5 Å². The molecule has 6 aromatic carbocycles. The molecule has 0 radical (unpaired) electrons. The molecule has 0 aliphatic rings. The molecule has 0 saturated heterocycles. The second-order valence-corrected chi connectivity index (χ2v) is 13.7. The Hall–Kier alpha value is -4.83. The van der Waals surface area contributed by atoms with Crippen LogP contribution in [-0.2, 0) is 10.8 Å². The molecule has 0 unspecified atom stereocenters. The van der Waals surface area contributed by atoms with Gasteiger partial charge in [0.25, 0.3) is 0 Å². The number of aromatic nitrogens is 3. The number of rotatable bonds is 2. The van der Waals surface area contributed by atoms with E-state index < -0.39 is 0 Å². The topological polar surface area (TPSA) is 51.8 Å². The van der Waals surface area contributed by atoms with Gasteiger partial charge in [-0.1, -0.05) is 108 Å². The molecule has 4 heteroatoms. The highest BCUT2D eigenvalue weighted by Crippen LogP contribution is 2.47. The van der Waals surface area contributed by atoms with Gasteiger partial charge in [0.2, 0.25) is 0 Å². The molecule has 0 aliphatic carbocycles. The van der Waals surface area contributed by atoms with Gasteiger partial charge in [0.15, 0.2) is 5.82 Å². The SMILES string of the molecule is CC(C)(C)c1nc(-c2ccc3cc(-c4ccccc4)c4c5oc6ccccc6c5cc5ccc2c3c54)nc(C(C)(C)C)n1. The maximum atomic E-state index is 6.66. The molecule has 0 spiro atoms. The molecule has 0 amide bonds. The fraction of sp³-hybridized carbons (Fsp3) is 0.205. The van der Waals surface area contributed by atoms with Crippen LogP contribution in [0.25, 0.3) is 76.8 Å². The molecule has 8 aromatic rings. The predicted octanol–water partition coefficient (Wildman–Crippen LogP) is 10.6. The maximum absolute atomic E-state index is 6.66. The van der Waals surface area contributed by atoms with Crippen LogP contribution in [0, 0.1) is 0 Å². The highest BCUT2D eigenvalue weighted by Gasteiger charge is 2.27. The summed E-state index contributed by atoms with van der Waals surface area (Å²) < 4.78 is 6.66. The average Bonchev–Trinajstić information content (AvgIpc) is 3.37. The number of benzene rings is 6. The van der Waals surface area contributed by atoms with Gasteiger partial charge in [-0.25, -0.2) is 15.0 Å². The van der Waals surface area contributed by atoms with E-state index in [1.807, 2.05) is 6.07 Å². The van der Waals surface area contributed by atoms with Gasteiger partial charge in [-0.3, -0.25) is 0 Å². The Morgan fingerprint density at radius 2 is 1.16 bits per heavy atom. The van der Waals surface area contributed by atoms with Crippen molar-refractivity contribution in [1.29, 1.82) is 0 Å². The number of fused-ring (bicyclic) bond motifs is 4. The van der Waals surface area contributed by atoms with E-state index >= 15 is 0 Å². The Bertz CT molecular complexity index is 2320. The second-order valence-electron chi connectivity index (χ2n) is 13.7. The Kier molecular flexibility index (Phi) is 5.31. The third-order valence-electron chi connectivity index (χ3n) is 8.53. The lowest BCUT2D eigenvalue weighted by Gasteiger charge is -2.23. The van der Waals surface area contributed by atoms with Crippen molar-refractivity contribution in [2.24, 2.45) is 0 Å². The first kappa shape index (κ1) is 25.8. The van der Waals surface area contributed by atoms with Crippen LogP contribution in [0.4, 0.5) is 0 Å². The summed E-state index contributed by atoms with van der Waals surface area (Å²) in [6.45, 7) is 13.0. The second kappa shape index (κ2) is 8.84. The largest absolute Gasteiger partial charge is 0.455 e. The van der Waals surface area contributed by atoms with E-state index in [1.54, 1.807) is 0 Å². The molecule has 0 bridgehead atoms. The standard InChI is InChI=1S/C39H33N3O/c1-38(2,3)36-40-35(41-37(42-36)39(4,5)6)27-19-17-23-20-28(22-12-8-7-9-13-22)33-32-24(16-18-26(27)31(23)32)21-29-25-14-10-11-15-30(25)43-34(29)33/h7-21H,1-6H3. The van der Waals surface area contributed by atoms with Crippen molar-refractivity contribution in [3.05, 3.63) is 103 Å². The Morgan fingerprint density at radius 3 is 1.88 bits per heavy atom. The number of nitrogens with zero attached hydrogens (tertiary/aromatic N) is 3. The van der Waals surface area contributed by atoms with Crippen LogP contribution in [0.1, 0.15) is 53.2 Å². The molecule has 0 fully saturated rings. The molecule has 0 atom stereocenters. The molecular weight excluding hydrogens is 526 g/mol. The highest BCUT2D eigenvalue weighted by atomic mass is 16.3. The van der Waals surface area contributed by atoms with E-state index in [4.69, 9.17) is 19.4 Å². The third kappa shape index (κ3) is 3.93. The molecule has 0 aliphatic heterocycles. The van der Waals surface area contributed by atoms with Crippen LogP contribution < -0.4 is 0 Å². The van der Waals surface area contributed by atoms with Crippen LogP contribution in [-0.4, -0.2) is 15.0 Å². The van der Waals surface area contributed by atoms with Crippen molar-refractivity contribution in [1.82, 2.24) is 15.0 Å². The zero-order valence-electron chi connectivity index (χ0n) is 25.4. The summed E-state index contributed by atoms with van der Waals surface area (Å²) >= 11 is 0. The van der Waals surface area contributed by atoms with Crippen LogP contribution in [0.3, 0.4) is 0 Å². The number of furan rings is 1. The van der Waals surface area contributed by atoms with Crippen LogP contribution in [0.5, 0.6) is 0 Å². The third-order valence-corrected chi connectivity index (χ3v) is 8.53. The summed E-state index contributed by atoms with van der Waals surface area (Å²) in [5.74, 6) is 2.34. The first-order valence-corrected chi connectivity index (χ1v) is 15.0. The van der Waals surface area contributed by atoms with E-state index in [1.165, 1.54) is 32.7 Å². The molecule has 4 nitrogen and oxygen atoms in total. The summed E-state index contributed by atoms with van der Waals surface area (Å²) in [4.78, 5) is 15.1. The first-order valence-electron chi connectivity index (χ1n) is 15.0. The van der Waals surface area contributed by atoms with Crippen LogP contribution >= 0.6 is 0 Å². The highest BCUT2D eigenvalue weighted by molar-refractivity contribution is 6.34. The summed E-state index contributed by atoms with van der Waals surface area (Å²) in [5, 5.41) is 9.36. The summed E-state index contributed by atoms with van der Waals surface area (Å²) in [7, 11) is 0. The van der Waals surface area contributed by atoms with Gasteiger partial charge < -0.3 is 4.42 Å². The Labute approximate surface area is 250 Å². The Balaban J connectivity index is 1.53. The predicted molar refractivity (Wildman–Crippen MR) is 179 cm³/mol. The average molecular weight is 560 g/mol. The van der Waals surface area contributed by atoms with Crippen LogP contribution in [0.2, 0.25) is 0 Å². The maximum Gasteiger partial charge on any atom is 0.164 e. The zero-order valence-corrected chi connectivity index (χ0v) is 25.4. The van der Waals surface area contributed by atoms with Gasteiger partial charge in [-0.05, 0) is 56.9 Å². The lowest BCUT2D eigenvalue weighted by atomic mass is 9.86. The fourth-order valence-electron chi connectivity index (χ4n) is 6.35. The van der Waals surface area contributed by atoms with Gasteiger partial charge >= 0.3 is 0 Å². The minimum absolute atomic E-state index is 0.209. The minimum Gasteiger partial charge on any atom is -0.455 e. The number of para-hydroxylation sites is 1. The van der Waals surface area contributed by atoms with E-state index in [0.29, 0.717) is 0 Å². The molecule has 2 aromatic heterocycles. The van der Waals surface area contributed by atoms with Gasteiger partial charge in [-0.2, -0.15) is 0 Å². The quantitative estimate of drug-likeness (QED) is 0.198. The molecular formula is C39H33N3O. The van der Waals surface area contributed by atoms with Crippen molar-refractivity contribution in [3.63, 3.8) is 0 Å². The summed E-state index contributed by atoms with van der Waals surface area (Å²) in [6, 6.07) is 32.5. The summed E-state index contributed by atoms with van der Waals surface area (Å²) in [5.41, 5.74) is 4.78. The zero-order chi connectivity index (χ0) is 29.7. The smallest absolute Gasteiger partial charge is 0.164 e. The van der Waals surface area contributed by atoms with Crippen molar-refractivity contribution < 1.29 is 4.42 Å². The van der Waals surface area contributed by atoms with Crippen molar-refractivity contribution >= 4 is 54.3 Å². The van der Waals surface area contributed by atoms with E-state index in [9.17, 15) is 0 Å². The van der Waals surface area contributed by atoms with Gasteiger partial charge in [-0.15, -0.1) is 0 Å². The Morgan fingerprint density at radius 1 is 0.512 bits per heavy atom. The lowest BCUT2D eigenvalue weighted by molar-refractivity contribution is 0.497. The molecule has 0 N–H and O–H groups in total. The monoisotopic (exact) mass is 559 g/mol. The molecule has 2 heterocycles. The number of hydrogen-bond donors (Lipinski definition) is 0. The van der Waals surface area contributed by atoms with Gasteiger partial charge in [0.05, 0.1) is 0 Å². The fourth-order valence-corrected chi connectivity index (χ4v) is 6.35. The van der Waals surface area contributed by atoms with Gasteiger partial charge in [0, 0.05) is 37.9 Å². The normalized spacial score (nSPS) is 12.9. The molecule has 8 rings (SSSR count). The van der Waals surface area contributed by atoms with Crippen molar-refractivity contribution in [2.45, 2.75) is 52.4 Å².